The van der Waals surface area contributed by atoms with Gasteiger partial charge >= 0.3 is 0 Å². The van der Waals surface area contributed by atoms with Crippen LogP contribution < -0.4 is 5.73 Å². The number of nitrogens with zero attached hydrogens (tertiary/aromatic N) is 2. The number of nitrogens with two attached hydrogens (primary N) is 1. The third kappa shape index (κ3) is 4.77. The first-order valence-electron chi connectivity index (χ1n) is 7.11. The maximum Gasteiger partial charge on any atom is 0.253 e. The van der Waals surface area contributed by atoms with E-state index < -0.39 is 0 Å². The lowest BCUT2D eigenvalue weighted by molar-refractivity contribution is -0.137. The number of imide groups is 1. The summed E-state index contributed by atoms with van der Waals surface area (Å²) in [7, 11) is 0. The summed E-state index contributed by atoms with van der Waals surface area (Å²) < 4.78 is 0. The summed E-state index contributed by atoms with van der Waals surface area (Å²) in [6, 6.07) is 0. The van der Waals surface area contributed by atoms with Crippen LogP contribution in [0, 0.1) is 0 Å². The van der Waals surface area contributed by atoms with Crippen molar-refractivity contribution in [3.05, 3.63) is 12.2 Å². The molecule has 0 saturated heterocycles. The Morgan fingerprint density at radius 1 is 1.20 bits per heavy atom. The Labute approximate surface area is 119 Å². The largest absolute Gasteiger partial charge is 0.342 e. The number of carbonyl (C=O) groups excluding carboxylic acids is 3. The van der Waals surface area contributed by atoms with Crippen LogP contribution in [0.4, 0.5) is 0 Å². The average molecular weight is 281 g/mol. The Bertz CT molecular complexity index is 375. The molecule has 0 bridgehead atoms. The molecular weight excluding hydrogens is 258 g/mol. The van der Waals surface area contributed by atoms with Gasteiger partial charge in [0.1, 0.15) is 0 Å². The second-order valence-electron chi connectivity index (χ2n) is 4.73. The van der Waals surface area contributed by atoms with Crippen molar-refractivity contribution in [2.24, 2.45) is 5.73 Å². The number of unbranched alkanes of at least 4 members (excludes halogenated alkanes) is 2. The Hall–Kier alpha value is -1.69. The topological polar surface area (TPSA) is 83.7 Å². The number of carbonyl (C=O) groups is 3. The first kappa shape index (κ1) is 16.4. The van der Waals surface area contributed by atoms with Crippen LogP contribution in [-0.4, -0.2) is 53.7 Å². The van der Waals surface area contributed by atoms with Gasteiger partial charge in [0.05, 0.1) is 0 Å². The lowest BCUT2D eigenvalue weighted by Crippen LogP contribution is -2.35. The molecule has 1 aliphatic heterocycles. The number of hydrogen-bond donors (Lipinski definition) is 1. The van der Waals surface area contributed by atoms with Gasteiger partial charge in [0.2, 0.25) is 5.91 Å². The predicted molar refractivity (Wildman–Crippen MR) is 75.6 cm³/mol. The Morgan fingerprint density at radius 2 is 1.85 bits per heavy atom. The van der Waals surface area contributed by atoms with Crippen LogP contribution in [0.5, 0.6) is 0 Å². The highest BCUT2D eigenvalue weighted by Crippen LogP contribution is 2.08. The molecule has 1 rings (SSSR count). The zero-order valence-corrected chi connectivity index (χ0v) is 12.0. The first-order valence-corrected chi connectivity index (χ1v) is 7.11. The lowest BCUT2D eigenvalue weighted by atomic mass is 10.1. The van der Waals surface area contributed by atoms with Gasteiger partial charge in [-0.1, -0.05) is 6.42 Å². The van der Waals surface area contributed by atoms with Crippen molar-refractivity contribution in [1.29, 1.82) is 0 Å². The van der Waals surface area contributed by atoms with Gasteiger partial charge in [-0.25, -0.2) is 0 Å². The van der Waals surface area contributed by atoms with Crippen LogP contribution in [0.3, 0.4) is 0 Å². The normalized spacial score (nSPS) is 14.2. The molecule has 6 heteroatoms. The van der Waals surface area contributed by atoms with Crippen molar-refractivity contribution in [3.8, 4) is 0 Å². The van der Waals surface area contributed by atoms with Crippen molar-refractivity contribution in [2.75, 3.05) is 26.2 Å². The van der Waals surface area contributed by atoms with Crippen molar-refractivity contribution in [2.45, 2.75) is 32.6 Å². The zero-order chi connectivity index (χ0) is 15.0. The minimum Gasteiger partial charge on any atom is -0.342 e. The third-order valence-corrected chi connectivity index (χ3v) is 3.31. The molecule has 0 radical (unpaired) electrons. The van der Waals surface area contributed by atoms with Gasteiger partial charge < -0.3 is 10.6 Å². The molecule has 1 heterocycles. The summed E-state index contributed by atoms with van der Waals surface area (Å²) in [6.45, 7) is 4.12. The van der Waals surface area contributed by atoms with E-state index in [1.54, 1.807) is 4.90 Å². The van der Waals surface area contributed by atoms with Gasteiger partial charge in [-0.3, -0.25) is 19.3 Å². The van der Waals surface area contributed by atoms with Crippen LogP contribution in [0.25, 0.3) is 0 Å². The van der Waals surface area contributed by atoms with Gasteiger partial charge in [-0.2, -0.15) is 0 Å². The molecule has 0 atom stereocenters. The second kappa shape index (κ2) is 8.47. The van der Waals surface area contributed by atoms with Gasteiger partial charge in [0.15, 0.2) is 0 Å². The fourth-order valence-corrected chi connectivity index (χ4v) is 2.15. The van der Waals surface area contributed by atoms with Crippen molar-refractivity contribution in [1.82, 2.24) is 9.80 Å². The molecule has 0 aliphatic carbocycles. The standard InChI is InChI=1S/C14H23N3O3/c1-2-16(11-9-15)12(18)6-4-3-5-10-17-13(19)7-8-14(17)20/h7-8H,2-6,9-11,15H2,1H3. The molecular formula is C14H23N3O3. The van der Waals surface area contributed by atoms with E-state index in [2.05, 4.69) is 0 Å². The molecule has 0 saturated carbocycles. The maximum absolute atomic E-state index is 11.8. The summed E-state index contributed by atoms with van der Waals surface area (Å²) in [5.41, 5.74) is 5.45. The fraction of sp³-hybridized carbons (Fsp3) is 0.643. The summed E-state index contributed by atoms with van der Waals surface area (Å²) in [5, 5.41) is 0. The van der Waals surface area contributed by atoms with Crippen LogP contribution in [0.1, 0.15) is 32.6 Å². The number of hydrogen-bond acceptors (Lipinski definition) is 4. The minimum absolute atomic E-state index is 0.118. The summed E-state index contributed by atoms with van der Waals surface area (Å²) in [4.78, 5) is 37.4. The van der Waals surface area contributed by atoms with E-state index in [4.69, 9.17) is 5.73 Å². The summed E-state index contributed by atoms with van der Waals surface area (Å²) in [5.74, 6) is -0.370. The van der Waals surface area contributed by atoms with Crippen molar-refractivity contribution >= 4 is 17.7 Å². The highest BCUT2D eigenvalue weighted by Gasteiger charge is 2.22. The van der Waals surface area contributed by atoms with E-state index in [1.807, 2.05) is 6.92 Å². The van der Waals surface area contributed by atoms with Gasteiger partial charge in [0, 0.05) is 44.8 Å². The smallest absolute Gasteiger partial charge is 0.253 e. The molecule has 0 aromatic carbocycles. The van der Waals surface area contributed by atoms with Gasteiger partial charge in [-0.15, -0.1) is 0 Å². The maximum atomic E-state index is 11.8. The molecule has 20 heavy (non-hydrogen) atoms. The quantitative estimate of drug-likeness (QED) is 0.486. The lowest BCUT2D eigenvalue weighted by Gasteiger charge is -2.20. The van der Waals surface area contributed by atoms with E-state index in [0.29, 0.717) is 32.6 Å². The highest BCUT2D eigenvalue weighted by molar-refractivity contribution is 6.12. The minimum atomic E-state index is -0.244. The second-order valence-corrected chi connectivity index (χ2v) is 4.73. The average Bonchev–Trinajstić information content (AvgIpc) is 2.75. The Balaban J connectivity index is 2.14. The molecule has 3 amide bonds. The van der Waals surface area contributed by atoms with E-state index in [0.717, 1.165) is 19.3 Å². The van der Waals surface area contributed by atoms with E-state index in [1.165, 1.54) is 17.1 Å². The molecule has 1 aliphatic rings. The zero-order valence-electron chi connectivity index (χ0n) is 12.0. The van der Waals surface area contributed by atoms with Crippen LogP contribution >= 0.6 is 0 Å². The van der Waals surface area contributed by atoms with Gasteiger partial charge in [-0.05, 0) is 19.8 Å². The molecule has 112 valence electrons. The molecule has 0 spiro atoms. The van der Waals surface area contributed by atoms with Crippen LogP contribution in [-0.2, 0) is 14.4 Å². The third-order valence-electron chi connectivity index (χ3n) is 3.31. The van der Waals surface area contributed by atoms with Gasteiger partial charge in [0.25, 0.3) is 11.8 Å². The van der Waals surface area contributed by atoms with E-state index in [9.17, 15) is 14.4 Å². The van der Waals surface area contributed by atoms with Crippen LogP contribution in [0.2, 0.25) is 0 Å². The molecule has 0 fully saturated rings. The van der Waals surface area contributed by atoms with E-state index in [-0.39, 0.29) is 17.7 Å². The summed E-state index contributed by atoms with van der Waals surface area (Å²) in [6.07, 6.45) is 5.39. The fourth-order valence-electron chi connectivity index (χ4n) is 2.15. The number of likely N-dealkylation sites (N-methyl/N-ethyl adjacent to an activating group) is 1. The first-order chi connectivity index (χ1) is 9.60. The number of amides is 3. The van der Waals surface area contributed by atoms with Crippen molar-refractivity contribution < 1.29 is 14.4 Å². The highest BCUT2D eigenvalue weighted by atomic mass is 16.2. The molecule has 0 aromatic heterocycles. The number of rotatable bonds is 9. The molecule has 0 unspecified atom stereocenters. The molecule has 2 N–H and O–H groups in total. The predicted octanol–water partition coefficient (Wildman–Crippen LogP) is 0.279. The van der Waals surface area contributed by atoms with E-state index >= 15 is 0 Å². The Kier molecular flexibility index (Phi) is 6.93. The SMILES string of the molecule is CCN(CCN)C(=O)CCCCCN1C(=O)C=CC1=O. The monoisotopic (exact) mass is 281 g/mol. The van der Waals surface area contributed by atoms with Crippen LogP contribution in [0.15, 0.2) is 12.2 Å². The Morgan fingerprint density at radius 3 is 2.40 bits per heavy atom. The summed E-state index contributed by atoms with van der Waals surface area (Å²) >= 11 is 0. The van der Waals surface area contributed by atoms with Crippen molar-refractivity contribution in [3.63, 3.8) is 0 Å². The molecule has 6 nitrogen and oxygen atoms in total. The molecule has 0 aromatic rings.